The second kappa shape index (κ2) is 4.64. The molecule has 1 atom stereocenters. The lowest BCUT2D eigenvalue weighted by atomic mass is 10.1. The van der Waals surface area contributed by atoms with Gasteiger partial charge in [-0.1, -0.05) is 18.0 Å². The van der Waals surface area contributed by atoms with Gasteiger partial charge in [0.05, 0.1) is 6.42 Å². The van der Waals surface area contributed by atoms with Gasteiger partial charge in [0.2, 0.25) is 5.89 Å². The van der Waals surface area contributed by atoms with Crippen LogP contribution in [-0.4, -0.2) is 27.5 Å². The molecule has 1 aromatic rings. The normalized spacial score (nSPS) is 19.8. The number of hydrogen-bond acceptors (Lipinski definition) is 4. The molecule has 1 saturated carbocycles. The van der Waals surface area contributed by atoms with Gasteiger partial charge in [0, 0.05) is 5.92 Å². The third kappa shape index (κ3) is 2.96. The first-order chi connectivity index (χ1) is 7.97. The average molecular weight is 250 g/mol. The van der Waals surface area contributed by atoms with Crippen molar-refractivity contribution >= 4 is 0 Å². The van der Waals surface area contributed by atoms with Crippen LogP contribution in [0.4, 0.5) is 13.2 Å². The summed E-state index contributed by atoms with van der Waals surface area (Å²) in [4.78, 5) is 3.91. The average Bonchev–Trinajstić information content (AvgIpc) is 2.83. The van der Waals surface area contributed by atoms with Crippen molar-refractivity contribution in [1.29, 1.82) is 0 Å². The molecule has 1 N–H and O–H groups in total. The van der Waals surface area contributed by atoms with Crippen LogP contribution in [0.1, 0.15) is 43.3 Å². The highest BCUT2D eigenvalue weighted by atomic mass is 19.4. The molecule has 4 nitrogen and oxygen atoms in total. The van der Waals surface area contributed by atoms with Crippen molar-refractivity contribution in [2.45, 2.75) is 50.3 Å². The molecule has 96 valence electrons. The Labute approximate surface area is 95.8 Å². The summed E-state index contributed by atoms with van der Waals surface area (Å²) in [6.07, 6.45) is -3.72. The van der Waals surface area contributed by atoms with Crippen molar-refractivity contribution in [3.63, 3.8) is 0 Å². The zero-order valence-electron chi connectivity index (χ0n) is 9.07. The van der Waals surface area contributed by atoms with E-state index in [9.17, 15) is 13.2 Å². The van der Waals surface area contributed by atoms with E-state index in [0.717, 1.165) is 25.7 Å². The van der Waals surface area contributed by atoms with Crippen LogP contribution in [0.2, 0.25) is 0 Å². The topological polar surface area (TPSA) is 59.2 Å². The van der Waals surface area contributed by atoms with Crippen LogP contribution >= 0.6 is 0 Å². The van der Waals surface area contributed by atoms with Crippen molar-refractivity contribution in [2.24, 2.45) is 0 Å². The lowest BCUT2D eigenvalue weighted by molar-refractivity contribution is -0.204. The summed E-state index contributed by atoms with van der Waals surface area (Å²) in [5, 5.41) is 12.5. The third-order valence-electron chi connectivity index (χ3n) is 2.95. The van der Waals surface area contributed by atoms with E-state index in [-0.39, 0.29) is 11.8 Å². The van der Waals surface area contributed by atoms with Gasteiger partial charge < -0.3 is 9.63 Å². The van der Waals surface area contributed by atoms with E-state index < -0.39 is 18.7 Å². The predicted octanol–water partition coefficient (Wildman–Crippen LogP) is 2.19. The van der Waals surface area contributed by atoms with E-state index >= 15 is 0 Å². The van der Waals surface area contributed by atoms with E-state index in [2.05, 4.69) is 10.1 Å². The van der Waals surface area contributed by atoms with Gasteiger partial charge in [0.15, 0.2) is 11.9 Å². The van der Waals surface area contributed by atoms with Gasteiger partial charge in [-0.2, -0.15) is 18.2 Å². The van der Waals surface area contributed by atoms with Crippen molar-refractivity contribution in [3.05, 3.63) is 11.7 Å². The Morgan fingerprint density at radius 1 is 1.35 bits per heavy atom. The highest BCUT2D eigenvalue weighted by molar-refractivity contribution is 4.98. The molecule has 1 aromatic heterocycles. The summed E-state index contributed by atoms with van der Waals surface area (Å²) in [6, 6.07) is 0. The number of aliphatic hydroxyl groups is 1. The predicted molar refractivity (Wildman–Crippen MR) is 51.3 cm³/mol. The Morgan fingerprint density at radius 3 is 2.59 bits per heavy atom. The minimum absolute atomic E-state index is 0.156. The molecule has 0 saturated heterocycles. The van der Waals surface area contributed by atoms with Crippen LogP contribution in [0.25, 0.3) is 0 Å². The summed E-state index contributed by atoms with van der Waals surface area (Å²) in [5.74, 6) is 0.499. The summed E-state index contributed by atoms with van der Waals surface area (Å²) >= 11 is 0. The molecule has 0 aromatic carbocycles. The summed E-state index contributed by atoms with van der Waals surface area (Å²) in [6.45, 7) is 0. The maximum absolute atomic E-state index is 12.1. The Morgan fingerprint density at radius 2 is 2.00 bits per heavy atom. The number of nitrogens with zero attached hydrogens (tertiary/aromatic N) is 2. The van der Waals surface area contributed by atoms with E-state index in [0.29, 0.717) is 5.82 Å². The van der Waals surface area contributed by atoms with Gasteiger partial charge in [-0.25, -0.2) is 0 Å². The van der Waals surface area contributed by atoms with Crippen LogP contribution in [0.15, 0.2) is 4.52 Å². The molecule has 17 heavy (non-hydrogen) atoms. The molecule has 7 heteroatoms. The molecule has 1 heterocycles. The zero-order valence-corrected chi connectivity index (χ0v) is 9.07. The minimum Gasteiger partial charge on any atom is -0.383 e. The molecule has 1 aliphatic rings. The number of aromatic nitrogens is 2. The molecule has 1 unspecified atom stereocenters. The highest BCUT2D eigenvalue weighted by Gasteiger charge is 2.39. The lowest BCUT2D eigenvalue weighted by Crippen LogP contribution is -2.30. The quantitative estimate of drug-likeness (QED) is 0.893. The first kappa shape index (κ1) is 12.3. The minimum atomic E-state index is -4.65. The first-order valence-corrected chi connectivity index (χ1v) is 5.54. The van der Waals surface area contributed by atoms with Crippen molar-refractivity contribution in [3.8, 4) is 0 Å². The van der Waals surface area contributed by atoms with Crippen LogP contribution < -0.4 is 0 Å². The summed E-state index contributed by atoms with van der Waals surface area (Å²) in [5.41, 5.74) is 0. The monoisotopic (exact) mass is 250 g/mol. The molecule has 2 rings (SSSR count). The fraction of sp³-hybridized carbons (Fsp3) is 0.800. The maximum Gasteiger partial charge on any atom is 0.414 e. The van der Waals surface area contributed by atoms with E-state index in [4.69, 9.17) is 9.63 Å². The standard InChI is InChI=1S/C10H13F3N2O2/c11-10(12,13)7(16)5-8-14-9(15-17-8)6-3-1-2-4-6/h6-7,16H,1-5H2. The van der Waals surface area contributed by atoms with Gasteiger partial charge in [0.25, 0.3) is 0 Å². The smallest absolute Gasteiger partial charge is 0.383 e. The number of aliphatic hydroxyl groups excluding tert-OH is 1. The number of alkyl halides is 3. The van der Waals surface area contributed by atoms with Crippen LogP contribution in [0.3, 0.4) is 0 Å². The molecular formula is C10H13F3N2O2. The largest absolute Gasteiger partial charge is 0.414 e. The maximum atomic E-state index is 12.1. The molecule has 1 fully saturated rings. The second-order valence-corrected chi connectivity index (χ2v) is 4.29. The van der Waals surface area contributed by atoms with Gasteiger partial charge in [-0.05, 0) is 12.8 Å². The van der Waals surface area contributed by atoms with Crippen molar-refractivity contribution in [2.75, 3.05) is 0 Å². The highest BCUT2D eigenvalue weighted by Crippen LogP contribution is 2.32. The summed E-state index contributed by atoms with van der Waals surface area (Å²) < 4.78 is 41.0. The molecule has 0 radical (unpaired) electrons. The third-order valence-corrected chi connectivity index (χ3v) is 2.95. The van der Waals surface area contributed by atoms with Crippen LogP contribution in [0, 0.1) is 0 Å². The first-order valence-electron chi connectivity index (χ1n) is 5.54. The number of halogens is 3. The van der Waals surface area contributed by atoms with E-state index in [1.165, 1.54) is 0 Å². The lowest BCUT2D eigenvalue weighted by Gasteiger charge is -2.11. The van der Waals surface area contributed by atoms with Gasteiger partial charge in [0.1, 0.15) is 0 Å². The Hall–Kier alpha value is -1.11. The SMILES string of the molecule is OC(Cc1nc(C2CCCC2)no1)C(F)(F)F. The Kier molecular flexibility index (Phi) is 3.37. The Bertz CT molecular complexity index is 372. The van der Waals surface area contributed by atoms with Crippen LogP contribution in [0.5, 0.6) is 0 Å². The fourth-order valence-electron chi connectivity index (χ4n) is 1.98. The van der Waals surface area contributed by atoms with Gasteiger partial charge >= 0.3 is 6.18 Å². The molecule has 1 aliphatic carbocycles. The molecule has 0 spiro atoms. The molecule has 0 amide bonds. The molecular weight excluding hydrogens is 237 g/mol. The van der Waals surface area contributed by atoms with Crippen molar-refractivity contribution in [1.82, 2.24) is 10.1 Å². The Balaban J connectivity index is 1.98. The summed E-state index contributed by atoms with van der Waals surface area (Å²) in [7, 11) is 0. The zero-order chi connectivity index (χ0) is 12.5. The van der Waals surface area contributed by atoms with E-state index in [1.807, 2.05) is 0 Å². The number of rotatable bonds is 3. The van der Waals surface area contributed by atoms with Crippen LogP contribution in [-0.2, 0) is 6.42 Å². The van der Waals surface area contributed by atoms with Gasteiger partial charge in [-0.3, -0.25) is 0 Å². The van der Waals surface area contributed by atoms with Gasteiger partial charge in [-0.15, -0.1) is 0 Å². The second-order valence-electron chi connectivity index (χ2n) is 4.29. The molecule has 0 bridgehead atoms. The fourth-order valence-corrected chi connectivity index (χ4v) is 1.98. The van der Waals surface area contributed by atoms with Crippen molar-refractivity contribution < 1.29 is 22.8 Å². The number of hydrogen-bond donors (Lipinski definition) is 1. The van der Waals surface area contributed by atoms with E-state index in [1.54, 1.807) is 0 Å². The molecule has 0 aliphatic heterocycles.